The topological polar surface area (TPSA) is 55.4 Å². The third kappa shape index (κ3) is 3.52. The quantitative estimate of drug-likeness (QED) is 0.658. The Balaban J connectivity index is 1.53. The molecule has 4 nitrogen and oxygen atoms in total. The number of β-lactam (4-membered cyclic amide) rings is 1. The lowest BCUT2D eigenvalue weighted by Crippen LogP contribution is -2.51. The molecule has 1 aliphatic rings. The number of Topliss-reactive ketones (excluding diaryl/α,β-unsaturated/α-hetero) is 1. The summed E-state index contributed by atoms with van der Waals surface area (Å²) in [7, 11) is 0. The van der Waals surface area contributed by atoms with Gasteiger partial charge in [0.1, 0.15) is 5.75 Å². The van der Waals surface area contributed by atoms with Crippen LogP contribution in [0.1, 0.15) is 28.8 Å². The fourth-order valence-electron chi connectivity index (χ4n) is 2.33. The first-order chi connectivity index (χ1) is 10.7. The van der Waals surface area contributed by atoms with Crippen molar-refractivity contribution >= 4 is 11.7 Å². The SMILES string of the molecule is O=C1CC(Oc2ccc(C(=O)CCc3ccccc3)cc2)N1. The van der Waals surface area contributed by atoms with Gasteiger partial charge >= 0.3 is 0 Å². The van der Waals surface area contributed by atoms with Crippen LogP contribution in [0, 0.1) is 0 Å². The molecular formula is C18H17NO3. The largest absolute Gasteiger partial charge is 0.470 e. The number of hydrogen-bond acceptors (Lipinski definition) is 3. The molecule has 1 amide bonds. The molecule has 112 valence electrons. The normalized spacial score (nSPS) is 16.5. The molecule has 1 atom stereocenters. The Bertz CT molecular complexity index is 656. The first-order valence-corrected chi connectivity index (χ1v) is 7.34. The minimum absolute atomic E-state index is 0.00212. The lowest BCUT2D eigenvalue weighted by atomic mass is 10.0. The van der Waals surface area contributed by atoms with Crippen molar-refractivity contribution in [1.29, 1.82) is 0 Å². The van der Waals surface area contributed by atoms with E-state index in [4.69, 9.17) is 4.74 Å². The van der Waals surface area contributed by atoms with Gasteiger partial charge in [0.15, 0.2) is 12.0 Å². The van der Waals surface area contributed by atoms with Gasteiger partial charge in [-0.25, -0.2) is 0 Å². The van der Waals surface area contributed by atoms with Crippen molar-refractivity contribution in [1.82, 2.24) is 5.32 Å². The number of aryl methyl sites for hydroxylation is 1. The Labute approximate surface area is 129 Å². The standard InChI is InChI=1S/C18H17NO3/c20-16(11-6-13-4-2-1-3-5-13)14-7-9-15(10-8-14)22-18-12-17(21)19-18/h1-5,7-10,18H,6,11-12H2,(H,19,21). The molecular weight excluding hydrogens is 278 g/mol. The van der Waals surface area contributed by atoms with Gasteiger partial charge in [0, 0.05) is 12.0 Å². The van der Waals surface area contributed by atoms with Gasteiger partial charge in [0.2, 0.25) is 5.91 Å². The summed E-state index contributed by atoms with van der Waals surface area (Å²) in [4.78, 5) is 23.0. The van der Waals surface area contributed by atoms with E-state index in [1.165, 1.54) is 0 Å². The maximum Gasteiger partial charge on any atom is 0.228 e. The van der Waals surface area contributed by atoms with Crippen LogP contribution in [0.4, 0.5) is 0 Å². The fraction of sp³-hybridized carbons (Fsp3) is 0.222. The average molecular weight is 295 g/mol. The highest BCUT2D eigenvalue weighted by atomic mass is 16.5. The molecule has 1 saturated heterocycles. The number of ketones is 1. The summed E-state index contributed by atoms with van der Waals surface area (Å²) in [5.41, 5.74) is 1.84. The molecule has 3 rings (SSSR count). The van der Waals surface area contributed by atoms with E-state index in [0.717, 1.165) is 12.0 Å². The highest BCUT2D eigenvalue weighted by Gasteiger charge is 2.26. The number of nitrogens with one attached hydrogen (secondary N) is 1. The smallest absolute Gasteiger partial charge is 0.228 e. The number of rotatable bonds is 6. The molecule has 1 aliphatic heterocycles. The van der Waals surface area contributed by atoms with Crippen LogP contribution in [0.5, 0.6) is 5.75 Å². The molecule has 2 aromatic rings. The molecule has 22 heavy (non-hydrogen) atoms. The molecule has 4 heteroatoms. The van der Waals surface area contributed by atoms with E-state index < -0.39 is 0 Å². The maximum absolute atomic E-state index is 12.2. The Morgan fingerprint density at radius 2 is 1.77 bits per heavy atom. The van der Waals surface area contributed by atoms with Crippen molar-refractivity contribution in [2.24, 2.45) is 0 Å². The average Bonchev–Trinajstić information content (AvgIpc) is 2.53. The van der Waals surface area contributed by atoms with Gasteiger partial charge in [-0.3, -0.25) is 9.59 Å². The summed E-state index contributed by atoms with van der Waals surface area (Å²) in [5, 5.41) is 2.64. The second-order valence-electron chi connectivity index (χ2n) is 5.31. The van der Waals surface area contributed by atoms with Gasteiger partial charge in [0.25, 0.3) is 0 Å². The van der Waals surface area contributed by atoms with Gasteiger partial charge in [-0.15, -0.1) is 0 Å². The van der Waals surface area contributed by atoms with Crippen LogP contribution in [-0.2, 0) is 11.2 Å². The van der Waals surface area contributed by atoms with Crippen molar-refractivity contribution < 1.29 is 14.3 Å². The van der Waals surface area contributed by atoms with Gasteiger partial charge in [-0.1, -0.05) is 30.3 Å². The van der Waals surface area contributed by atoms with E-state index in [1.807, 2.05) is 30.3 Å². The molecule has 0 aliphatic carbocycles. The van der Waals surface area contributed by atoms with Crippen molar-refractivity contribution in [3.8, 4) is 5.75 Å². The van der Waals surface area contributed by atoms with Gasteiger partial charge in [-0.2, -0.15) is 0 Å². The minimum Gasteiger partial charge on any atom is -0.470 e. The number of carbonyl (C=O) groups is 2. The molecule has 1 N–H and O–H groups in total. The molecule has 0 aromatic heterocycles. The van der Waals surface area contributed by atoms with E-state index in [-0.39, 0.29) is 17.9 Å². The van der Waals surface area contributed by atoms with Gasteiger partial charge < -0.3 is 10.1 Å². The first kappa shape index (κ1) is 14.3. The third-order valence-electron chi connectivity index (χ3n) is 3.63. The summed E-state index contributed by atoms with van der Waals surface area (Å²) in [6.45, 7) is 0. The van der Waals surface area contributed by atoms with Crippen LogP contribution >= 0.6 is 0 Å². The molecule has 2 aromatic carbocycles. The number of hydrogen-bond donors (Lipinski definition) is 1. The lowest BCUT2D eigenvalue weighted by molar-refractivity contribution is -0.134. The molecule has 1 heterocycles. The monoisotopic (exact) mass is 295 g/mol. The van der Waals surface area contributed by atoms with E-state index >= 15 is 0 Å². The molecule has 0 bridgehead atoms. The second-order valence-corrected chi connectivity index (χ2v) is 5.31. The van der Waals surface area contributed by atoms with E-state index in [9.17, 15) is 9.59 Å². The molecule has 0 saturated carbocycles. The fourth-order valence-corrected chi connectivity index (χ4v) is 2.33. The zero-order valence-electron chi connectivity index (χ0n) is 12.1. The predicted octanol–water partition coefficient (Wildman–Crippen LogP) is 2.73. The molecule has 0 radical (unpaired) electrons. The highest BCUT2D eigenvalue weighted by molar-refractivity contribution is 5.96. The lowest BCUT2D eigenvalue weighted by Gasteiger charge is -2.27. The van der Waals surface area contributed by atoms with E-state index in [0.29, 0.717) is 24.2 Å². The van der Waals surface area contributed by atoms with Crippen LogP contribution in [0.2, 0.25) is 0 Å². The van der Waals surface area contributed by atoms with Crippen molar-refractivity contribution in [2.45, 2.75) is 25.5 Å². The van der Waals surface area contributed by atoms with Crippen molar-refractivity contribution in [3.05, 3.63) is 65.7 Å². The zero-order chi connectivity index (χ0) is 15.4. The summed E-state index contributed by atoms with van der Waals surface area (Å²) in [6, 6.07) is 17.0. The number of carbonyl (C=O) groups excluding carboxylic acids is 2. The van der Waals surface area contributed by atoms with Gasteiger partial charge in [-0.05, 0) is 36.2 Å². The highest BCUT2D eigenvalue weighted by Crippen LogP contribution is 2.18. The van der Waals surface area contributed by atoms with Crippen molar-refractivity contribution in [2.75, 3.05) is 0 Å². The zero-order valence-corrected chi connectivity index (χ0v) is 12.1. The summed E-state index contributed by atoms with van der Waals surface area (Å²) in [5.74, 6) is 0.773. The molecule has 1 fully saturated rings. The number of benzene rings is 2. The molecule has 1 unspecified atom stereocenters. The summed E-state index contributed by atoms with van der Waals surface area (Å²) >= 11 is 0. The van der Waals surface area contributed by atoms with Gasteiger partial charge in [0.05, 0.1) is 6.42 Å². The van der Waals surface area contributed by atoms with E-state index in [2.05, 4.69) is 5.32 Å². The summed E-state index contributed by atoms with van der Waals surface area (Å²) < 4.78 is 5.54. The Morgan fingerprint density at radius 1 is 1.09 bits per heavy atom. The van der Waals surface area contributed by atoms with Crippen LogP contribution in [0.25, 0.3) is 0 Å². The Morgan fingerprint density at radius 3 is 2.41 bits per heavy atom. The minimum atomic E-state index is -0.243. The number of ether oxygens (including phenoxy) is 1. The first-order valence-electron chi connectivity index (χ1n) is 7.34. The van der Waals surface area contributed by atoms with Crippen LogP contribution in [0.15, 0.2) is 54.6 Å². The van der Waals surface area contributed by atoms with E-state index in [1.54, 1.807) is 24.3 Å². The van der Waals surface area contributed by atoms with Crippen LogP contribution in [-0.4, -0.2) is 17.9 Å². The van der Waals surface area contributed by atoms with Crippen molar-refractivity contribution in [3.63, 3.8) is 0 Å². The number of amides is 1. The summed E-state index contributed by atoms with van der Waals surface area (Å²) in [6.07, 6.45) is 1.37. The second kappa shape index (κ2) is 6.43. The maximum atomic E-state index is 12.2. The van der Waals surface area contributed by atoms with Crippen LogP contribution < -0.4 is 10.1 Å². The Kier molecular flexibility index (Phi) is 4.19. The predicted molar refractivity (Wildman–Crippen MR) is 82.7 cm³/mol. The Hall–Kier alpha value is -2.62. The van der Waals surface area contributed by atoms with Crippen LogP contribution in [0.3, 0.4) is 0 Å². The molecule has 0 spiro atoms. The third-order valence-corrected chi connectivity index (χ3v) is 3.63.